The zero-order valence-corrected chi connectivity index (χ0v) is 15.2. The lowest BCUT2D eigenvalue weighted by Crippen LogP contribution is -2.29. The maximum atomic E-state index is 12.8. The van der Waals surface area contributed by atoms with E-state index in [9.17, 15) is 9.59 Å². The predicted octanol–water partition coefficient (Wildman–Crippen LogP) is 4.07. The van der Waals surface area contributed by atoms with Gasteiger partial charge in [0.2, 0.25) is 0 Å². The molecule has 0 saturated heterocycles. The molecule has 0 aliphatic rings. The van der Waals surface area contributed by atoms with Gasteiger partial charge in [0.25, 0.3) is 11.5 Å². The second-order valence-corrected chi connectivity index (χ2v) is 6.61. The van der Waals surface area contributed by atoms with Crippen LogP contribution >= 0.6 is 0 Å². The molecule has 1 aromatic heterocycles. The summed E-state index contributed by atoms with van der Waals surface area (Å²) < 4.78 is 1.58. The molecule has 0 spiro atoms. The molecule has 0 atom stereocenters. The van der Waals surface area contributed by atoms with Crippen molar-refractivity contribution in [2.75, 3.05) is 5.32 Å². The van der Waals surface area contributed by atoms with E-state index in [0.29, 0.717) is 12.2 Å². The second-order valence-electron chi connectivity index (χ2n) is 6.61. The van der Waals surface area contributed by atoms with Crippen LogP contribution in [-0.4, -0.2) is 10.5 Å². The van der Waals surface area contributed by atoms with Crippen molar-refractivity contribution in [3.8, 4) is 0 Å². The Balaban J connectivity index is 1.87. The highest BCUT2D eigenvalue weighted by molar-refractivity contribution is 6.03. The maximum Gasteiger partial charge on any atom is 0.263 e. The molecule has 1 N–H and O–H groups in total. The first-order valence-corrected chi connectivity index (χ1v) is 8.57. The van der Waals surface area contributed by atoms with Gasteiger partial charge >= 0.3 is 0 Å². The number of amides is 1. The third kappa shape index (κ3) is 3.91. The predicted molar refractivity (Wildman–Crippen MR) is 105 cm³/mol. The minimum absolute atomic E-state index is 0.137. The second kappa shape index (κ2) is 7.40. The standard InChI is InChI=1S/C22H22N2O2/c1-15-7-10-19(11-8-15)23-21(25)20-5-4-12-24(22(20)26)14-18-13-16(2)6-9-17(18)3/h4-13H,14H2,1-3H3,(H,23,25). The first-order valence-electron chi connectivity index (χ1n) is 8.57. The van der Waals surface area contributed by atoms with Gasteiger partial charge in [-0.15, -0.1) is 0 Å². The lowest BCUT2D eigenvalue weighted by atomic mass is 10.1. The minimum Gasteiger partial charge on any atom is -0.322 e. The van der Waals surface area contributed by atoms with Crippen molar-refractivity contribution < 1.29 is 4.79 Å². The number of anilines is 1. The molecule has 0 aliphatic carbocycles. The smallest absolute Gasteiger partial charge is 0.263 e. The van der Waals surface area contributed by atoms with E-state index in [4.69, 9.17) is 0 Å². The highest BCUT2D eigenvalue weighted by Crippen LogP contribution is 2.12. The van der Waals surface area contributed by atoms with Crippen molar-refractivity contribution in [1.82, 2.24) is 4.57 Å². The molecule has 3 rings (SSSR count). The number of nitrogens with one attached hydrogen (secondary N) is 1. The van der Waals surface area contributed by atoms with E-state index in [1.165, 1.54) is 0 Å². The van der Waals surface area contributed by atoms with Crippen LogP contribution in [0.15, 0.2) is 65.6 Å². The van der Waals surface area contributed by atoms with Crippen molar-refractivity contribution in [2.24, 2.45) is 0 Å². The zero-order valence-electron chi connectivity index (χ0n) is 15.2. The number of carbonyl (C=O) groups excluding carboxylic acids is 1. The van der Waals surface area contributed by atoms with Crippen molar-refractivity contribution in [3.05, 3.63) is 99.0 Å². The molecular formula is C22H22N2O2. The summed E-state index contributed by atoms with van der Waals surface area (Å²) in [6, 6.07) is 16.9. The van der Waals surface area contributed by atoms with Gasteiger partial charge in [-0.2, -0.15) is 0 Å². The summed E-state index contributed by atoms with van der Waals surface area (Å²) in [6.45, 7) is 6.47. The first-order chi connectivity index (χ1) is 12.4. The summed E-state index contributed by atoms with van der Waals surface area (Å²) in [5.74, 6) is -0.394. The average Bonchev–Trinajstić information content (AvgIpc) is 2.62. The van der Waals surface area contributed by atoms with Crippen LogP contribution in [0.3, 0.4) is 0 Å². The Hall–Kier alpha value is -3.14. The van der Waals surface area contributed by atoms with Crippen molar-refractivity contribution >= 4 is 11.6 Å². The topological polar surface area (TPSA) is 51.1 Å². The number of benzene rings is 2. The molecule has 0 aliphatic heterocycles. The molecule has 0 saturated carbocycles. The van der Waals surface area contributed by atoms with Crippen molar-refractivity contribution in [2.45, 2.75) is 27.3 Å². The van der Waals surface area contributed by atoms with Gasteiger partial charge in [-0.05, 0) is 56.2 Å². The van der Waals surface area contributed by atoms with Gasteiger partial charge in [0.05, 0.1) is 6.54 Å². The van der Waals surface area contributed by atoms with Crippen LogP contribution < -0.4 is 10.9 Å². The quantitative estimate of drug-likeness (QED) is 0.774. The number of hydrogen-bond donors (Lipinski definition) is 1. The Bertz CT molecular complexity index is 1000. The minimum atomic E-state index is -0.394. The fourth-order valence-electron chi connectivity index (χ4n) is 2.82. The van der Waals surface area contributed by atoms with Crippen LogP contribution in [0.2, 0.25) is 0 Å². The highest BCUT2D eigenvalue weighted by atomic mass is 16.2. The number of nitrogens with zero attached hydrogens (tertiary/aromatic N) is 1. The molecule has 26 heavy (non-hydrogen) atoms. The lowest BCUT2D eigenvalue weighted by Gasteiger charge is -2.11. The van der Waals surface area contributed by atoms with E-state index in [1.54, 1.807) is 22.9 Å². The normalized spacial score (nSPS) is 10.6. The van der Waals surface area contributed by atoms with Gasteiger partial charge in [-0.25, -0.2) is 0 Å². The van der Waals surface area contributed by atoms with E-state index < -0.39 is 5.91 Å². The first kappa shape index (κ1) is 17.7. The Labute approximate surface area is 153 Å². The summed E-state index contributed by atoms with van der Waals surface area (Å²) in [4.78, 5) is 25.3. The highest BCUT2D eigenvalue weighted by Gasteiger charge is 2.13. The molecule has 4 nitrogen and oxygen atoms in total. The molecule has 132 valence electrons. The molecule has 0 unspecified atom stereocenters. The van der Waals surface area contributed by atoms with Crippen molar-refractivity contribution in [3.63, 3.8) is 0 Å². The van der Waals surface area contributed by atoms with Gasteiger partial charge in [-0.1, -0.05) is 41.5 Å². The molecule has 1 heterocycles. The number of aryl methyl sites for hydroxylation is 3. The van der Waals surface area contributed by atoms with Gasteiger partial charge in [0.1, 0.15) is 5.56 Å². The van der Waals surface area contributed by atoms with E-state index in [1.807, 2.05) is 57.2 Å². The van der Waals surface area contributed by atoms with Crippen LogP contribution in [0.5, 0.6) is 0 Å². The molecule has 0 bridgehead atoms. The molecule has 0 radical (unpaired) electrons. The van der Waals surface area contributed by atoms with Crippen LogP contribution in [0.4, 0.5) is 5.69 Å². The monoisotopic (exact) mass is 346 g/mol. The van der Waals surface area contributed by atoms with E-state index in [2.05, 4.69) is 11.4 Å². The lowest BCUT2D eigenvalue weighted by molar-refractivity contribution is 0.102. The maximum absolute atomic E-state index is 12.8. The molecule has 1 amide bonds. The van der Waals surface area contributed by atoms with Gasteiger partial charge in [0.15, 0.2) is 0 Å². The Morgan fingerprint density at radius 2 is 1.65 bits per heavy atom. The fraction of sp³-hybridized carbons (Fsp3) is 0.182. The SMILES string of the molecule is Cc1ccc(NC(=O)c2cccn(Cc3cc(C)ccc3C)c2=O)cc1. The van der Waals surface area contributed by atoms with Gasteiger partial charge in [0, 0.05) is 11.9 Å². The molecule has 4 heteroatoms. The Morgan fingerprint density at radius 1 is 0.962 bits per heavy atom. The summed E-state index contributed by atoms with van der Waals surface area (Å²) in [6.07, 6.45) is 1.72. The number of aromatic nitrogens is 1. The molecule has 2 aromatic carbocycles. The Morgan fingerprint density at radius 3 is 2.38 bits per heavy atom. The molecule has 0 fully saturated rings. The molecular weight excluding hydrogens is 324 g/mol. The summed E-state index contributed by atoms with van der Waals surface area (Å²) >= 11 is 0. The fourth-order valence-corrected chi connectivity index (χ4v) is 2.82. The zero-order chi connectivity index (χ0) is 18.7. The van der Waals surface area contributed by atoms with Gasteiger partial charge < -0.3 is 9.88 Å². The molecule has 3 aromatic rings. The summed E-state index contributed by atoms with van der Waals surface area (Å²) in [5.41, 5.74) is 4.96. The van der Waals surface area contributed by atoms with Gasteiger partial charge in [-0.3, -0.25) is 9.59 Å². The number of hydrogen-bond acceptors (Lipinski definition) is 2. The van der Waals surface area contributed by atoms with E-state index >= 15 is 0 Å². The third-order valence-electron chi connectivity index (χ3n) is 4.42. The third-order valence-corrected chi connectivity index (χ3v) is 4.42. The van der Waals surface area contributed by atoms with Crippen LogP contribution in [-0.2, 0) is 6.54 Å². The van der Waals surface area contributed by atoms with E-state index in [-0.39, 0.29) is 11.1 Å². The average molecular weight is 346 g/mol. The van der Waals surface area contributed by atoms with Crippen LogP contribution in [0, 0.1) is 20.8 Å². The van der Waals surface area contributed by atoms with Crippen LogP contribution in [0.1, 0.15) is 32.6 Å². The Kier molecular flexibility index (Phi) is 5.03. The van der Waals surface area contributed by atoms with E-state index in [0.717, 1.165) is 22.3 Å². The number of carbonyl (C=O) groups is 1. The van der Waals surface area contributed by atoms with Crippen LogP contribution in [0.25, 0.3) is 0 Å². The number of pyridine rings is 1. The van der Waals surface area contributed by atoms with Crippen molar-refractivity contribution in [1.29, 1.82) is 0 Å². The number of rotatable bonds is 4. The summed E-state index contributed by atoms with van der Waals surface area (Å²) in [5, 5.41) is 2.79. The summed E-state index contributed by atoms with van der Waals surface area (Å²) in [7, 11) is 0. The largest absolute Gasteiger partial charge is 0.322 e.